The van der Waals surface area contributed by atoms with Crippen LogP contribution < -0.4 is 0 Å². The highest BCUT2D eigenvalue weighted by atomic mass is 19.1. The molecular weight excluding hydrogens is 443 g/mol. The highest BCUT2D eigenvalue weighted by Crippen LogP contribution is 2.41. The van der Waals surface area contributed by atoms with E-state index in [1.807, 2.05) is 33.0 Å². The Bertz CT molecular complexity index is 1170. The van der Waals surface area contributed by atoms with Gasteiger partial charge in [0.1, 0.15) is 6.20 Å². The minimum absolute atomic E-state index is 0.000661. The summed E-state index contributed by atoms with van der Waals surface area (Å²) in [6.07, 6.45) is 11.8. The molecule has 0 amide bonds. The Morgan fingerprint density at radius 2 is 1.81 bits per heavy atom. The molecule has 2 nitrogen and oxygen atoms in total. The number of rotatable bonds is 11. The van der Waals surface area contributed by atoms with E-state index in [1.165, 1.54) is 22.8 Å². The maximum atomic E-state index is 14.7. The van der Waals surface area contributed by atoms with E-state index in [9.17, 15) is 4.39 Å². The number of hydrogen-bond donors (Lipinski definition) is 0. The molecule has 0 saturated carbocycles. The van der Waals surface area contributed by atoms with Gasteiger partial charge in [0.25, 0.3) is 0 Å². The van der Waals surface area contributed by atoms with Crippen molar-refractivity contribution >= 4 is 11.9 Å². The first-order valence-corrected chi connectivity index (χ1v) is 12.9. The van der Waals surface area contributed by atoms with E-state index in [4.69, 9.17) is 4.99 Å². The van der Waals surface area contributed by atoms with Gasteiger partial charge in [-0.2, -0.15) is 0 Å². The molecule has 3 heteroatoms. The van der Waals surface area contributed by atoms with Gasteiger partial charge in [-0.3, -0.25) is 0 Å². The van der Waals surface area contributed by atoms with Gasteiger partial charge in [0, 0.05) is 11.0 Å². The predicted molar refractivity (Wildman–Crippen MR) is 156 cm³/mol. The van der Waals surface area contributed by atoms with E-state index >= 15 is 0 Å². The largest absolute Gasteiger partial charge is 0.218 e. The summed E-state index contributed by atoms with van der Waals surface area (Å²) in [5, 5.41) is 0. The molecule has 1 heterocycles. The molecule has 192 valence electrons. The van der Waals surface area contributed by atoms with Crippen LogP contribution in [0.4, 0.5) is 4.39 Å². The molecule has 0 aromatic heterocycles. The molecule has 2 unspecified atom stereocenters. The molecule has 0 fully saturated rings. The van der Waals surface area contributed by atoms with Gasteiger partial charge in [-0.05, 0) is 88.0 Å². The molecule has 0 radical (unpaired) electrons. The number of halogens is 1. The Labute approximate surface area is 218 Å². The lowest BCUT2D eigenvalue weighted by Gasteiger charge is -2.37. The van der Waals surface area contributed by atoms with Gasteiger partial charge in [-0.25, -0.2) is 13.9 Å². The highest BCUT2D eigenvalue weighted by molar-refractivity contribution is 5.75. The molecule has 0 N–H and O–H groups in total. The van der Waals surface area contributed by atoms with Crippen molar-refractivity contribution in [2.24, 2.45) is 4.99 Å². The minimum atomic E-state index is -0.400. The first-order valence-electron chi connectivity index (χ1n) is 12.9. The summed E-state index contributed by atoms with van der Waals surface area (Å²) in [5.41, 5.74) is 7.96. The van der Waals surface area contributed by atoms with Gasteiger partial charge in [-0.1, -0.05) is 70.4 Å². The van der Waals surface area contributed by atoms with Crippen LogP contribution in [0.3, 0.4) is 0 Å². The van der Waals surface area contributed by atoms with Crippen molar-refractivity contribution in [1.29, 1.82) is 0 Å². The second-order valence-corrected chi connectivity index (χ2v) is 10.2. The number of aliphatic imine (C=N–C) groups is 1. The monoisotopic (exact) mass is 487 g/mol. The van der Waals surface area contributed by atoms with Gasteiger partial charge in [-0.15, -0.1) is 0 Å². The SMILES string of the molecule is C=C/C(F)=C(\C=C)[N+]1(C(C)C)C=N/C(=C/C(=C)c2ccc(C(CC)(CCC)C(=C)C)c(C)c2)C(C)=C1. The normalized spacial score (nSPS) is 21.0. The number of hydrogen-bond acceptors (Lipinski definition) is 1. The Hall–Kier alpha value is -3.04. The van der Waals surface area contributed by atoms with E-state index in [0.29, 0.717) is 5.70 Å². The smallest absolute Gasteiger partial charge is 0.200 e. The van der Waals surface area contributed by atoms with E-state index in [1.54, 1.807) is 12.4 Å². The molecule has 1 aliphatic heterocycles. The first kappa shape index (κ1) is 29.2. The number of benzene rings is 1. The molecule has 1 aliphatic rings. The predicted octanol–water partition coefficient (Wildman–Crippen LogP) is 9.64. The quantitative estimate of drug-likeness (QED) is 0.167. The van der Waals surface area contributed by atoms with Crippen LogP contribution >= 0.6 is 0 Å². The van der Waals surface area contributed by atoms with Crippen molar-refractivity contribution in [2.75, 3.05) is 0 Å². The zero-order valence-corrected chi connectivity index (χ0v) is 23.4. The second-order valence-electron chi connectivity index (χ2n) is 10.2. The minimum Gasteiger partial charge on any atom is -0.218 e. The van der Waals surface area contributed by atoms with Gasteiger partial charge in [0.2, 0.25) is 6.34 Å². The fraction of sp³-hybridized carbons (Fsp3) is 0.364. The maximum absolute atomic E-state index is 14.7. The summed E-state index contributed by atoms with van der Waals surface area (Å²) in [6.45, 7) is 31.0. The highest BCUT2D eigenvalue weighted by Gasteiger charge is 2.37. The van der Waals surface area contributed by atoms with Gasteiger partial charge in [0.15, 0.2) is 11.5 Å². The van der Waals surface area contributed by atoms with Crippen LogP contribution in [-0.2, 0) is 5.41 Å². The van der Waals surface area contributed by atoms with E-state index < -0.39 is 5.83 Å². The van der Waals surface area contributed by atoms with Crippen molar-refractivity contribution in [3.8, 4) is 0 Å². The van der Waals surface area contributed by atoms with Gasteiger partial charge >= 0.3 is 0 Å². The molecule has 1 aromatic rings. The van der Waals surface area contributed by atoms with E-state index in [2.05, 4.69) is 72.2 Å². The van der Waals surface area contributed by atoms with Crippen LogP contribution in [0.2, 0.25) is 0 Å². The molecule has 2 rings (SSSR count). The lowest BCUT2D eigenvalue weighted by atomic mass is 9.68. The molecule has 0 spiro atoms. The van der Waals surface area contributed by atoms with Crippen molar-refractivity contribution in [2.45, 2.75) is 79.2 Å². The summed E-state index contributed by atoms with van der Waals surface area (Å²) in [4.78, 5) is 4.76. The van der Waals surface area contributed by atoms with Crippen LogP contribution in [-0.4, -0.2) is 16.9 Å². The number of quaternary nitrogens is 1. The fourth-order valence-electron chi connectivity index (χ4n) is 5.39. The van der Waals surface area contributed by atoms with Crippen LogP contribution in [0.15, 0.2) is 102 Å². The first-order chi connectivity index (χ1) is 16.9. The van der Waals surface area contributed by atoms with Crippen LogP contribution in [0.25, 0.3) is 5.57 Å². The van der Waals surface area contributed by atoms with Crippen LogP contribution in [0.5, 0.6) is 0 Å². The summed E-state index contributed by atoms with van der Waals surface area (Å²) in [5.74, 6) is -0.400. The van der Waals surface area contributed by atoms with E-state index in [-0.39, 0.29) is 15.9 Å². The lowest BCUT2D eigenvalue weighted by Crippen LogP contribution is -2.47. The van der Waals surface area contributed by atoms with Crippen LogP contribution in [0.1, 0.15) is 77.5 Å². The zero-order chi connectivity index (χ0) is 27.3. The Morgan fingerprint density at radius 3 is 2.25 bits per heavy atom. The molecule has 2 atom stereocenters. The Kier molecular flexibility index (Phi) is 9.57. The van der Waals surface area contributed by atoms with Gasteiger partial charge < -0.3 is 0 Å². The topological polar surface area (TPSA) is 12.4 Å². The lowest BCUT2D eigenvalue weighted by molar-refractivity contribution is -0.763. The second kappa shape index (κ2) is 11.8. The molecule has 36 heavy (non-hydrogen) atoms. The molecule has 1 aromatic carbocycles. The molecular formula is C33H44FN2+. The standard InChI is InChI=1S/C33H44FN2/c1-12-18-33(15-4,23(5)6)29-17-16-28(19-26(29)10)25(9)20-31-27(11)21-36(22-35-31,24(7)8)32(14-3)30(34)13-2/h13-14,16-17,19-22,24H,2-3,5,9,12,15,18H2,1,4,6-8,10-11H3/q+1/b31-20+,32-30-. The van der Waals surface area contributed by atoms with Crippen molar-refractivity contribution < 1.29 is 8.87 Å². The Morgan fingerprint density at radius 1 is 1.14 bits per heavy atom. The van der Waals surface area contributed by atoms with E-state index in [0.717, 1.165) is 41.7 Å². The summed E-state index contributed by atoms with van der Waals surface area (Å²) < 4.78 is 14.8. The molecule has 0 aliphatic carbocycles. The average Bonchev–Trinajstić information content (AvgIpc) is 2.84. The maximum Gasteiger partial charge on any atom is 0.200 e. The Balaban J connectivity index is 2.49. The van der Waals surface area contributed by atoms with Gasteiger partial charge in [0.05, 0.1) is 11.7 Å². The van der Waals surface area contributed by atoms with Crippen LogP contribution in [0, 0.1) is 6.92 Å². The summed E-state index contributed by atoms with van der Waals surface area (Å²) >= 11 is 0. The van der Waals surface area contributed by atoms with Crippen molar-refractivity contribution in [3.05, 3.63) is 114 Å². The zero-order valence-electron chi connectivity index (χ0n) is 23.4. The fourth-order valence-corrected chi connectivity index (χ4v) is 5.39. The third-order valence-electron chi connectivity index (χ3n) is 7.61. The summed E-state index contributed by atoms with van der Waals surface area (Å²) in [6, 6.07) is 6.64. The third-order valence-corrected chi connectivity index (χ3v) is 7.61. The molecule has 0 bridgehead atoms. The number of aryl methyl sites for hydroxylation is 1. The third kappa shape index (κ3) is 5.37. The molecule has 0 saturated heterocycles. The van der Waals surface area contributed by atoms with Crippen molar-refractivity contribution in [3.63, 3.8) is 0 Å². The number of allylic oxidation sites excluding steroid dienone is 7. The summed E-state index contributed by atoms with van der Waals surface area (Å²) in [7, 11) is 0. The number of nitrogens with zero attached hydrogens (tertiary/aromatic N) is 2. The van der Waals surface area contributed by atoms with Crippen molar-refractivity contribution in [1.82, 2.24) is 0 Å². The average molecular weight is 488 g/mol.